The van der Waals surface area contributed by atoms with Crippen LogP contribution in [-0.2, 0) is 14.3 Å². The molecule has 15 heavy (non-hydrogen) atoms. The first-order valence-electron chi connectivity index (χ1n) is 5.62. The zero-order chi connectivity index (χ0) is 11.1. The first-order chi connectivity index (χ1) is 7.07. The van der Waals surface area contributed by atoms with E-state index in [9.17, 15) is 4.79 Å². The Kier molecular flexibility index (Phi) is 2.49. The molecule has 2 aliphatic rings. The molecule has 1 heterocycles. The van der Waals surface area contributed by atoms with Crippen LogP contribution in [0.15, 0.2) is 11.3 Å². The highest BCUT2D eigenvalue weighted by molar-refractivity contribution is 5.89. The smallest absolute Gasteiger partial charge is 0.337 e. The fraction of sp³-hybridized carbons (Fsp3) is 0.750. The van der Waals surface area contributed by atoms with Gasteiger partial charge in [0.1, 0.15) is 11.4 Å². The molecule has 1 fully saturated rings. The van der Waals surface area contributed by atoms with E-state index in [1.54, 1.807) is 0 Å². The van der Waals surface area contributed by atoms with Crippen LogP contribution < -0.4 is 0 Å². The summed E-state index contributed by atoms with van der Waals surface area (Å²) in [6.07, 6.45) is 3.15. The van der Waals surface area contributed by atoms with Crippen molar-refractivity contribution in [1.29, 1.82) is 0 Å². The van der Waals surface area contributed by atoms with E-state index < -0.39 is 0 Å². The minimum atomic E-state index is -0.209. The summed E-state index contributed by atoms with van der Waals surface area (Å²) in [6.45, 7) is 6.21. The molecular formula is C12H18O3. The molecule has 1 unspecified atom stereocenters. The van der Waals surface area contributed by atoms with Crippen molar-refractivity contribution in [3.05, 3.63) is 11.3 Å². The predicted molar refractivity (Wildman–Crippen MR) is 56.2 cm³/mol. The van der Waals surface area contributed by atoms with Crippen molar-refractivity contribution < 1.29 is 14.3 Å². The Balaban J connectivity index is 2.07. The molecule has 1 atom stereocenters. The number of ether oxygens (including phenoxy) is 2. The summed E-state index contributed by atoms with van der Waals surface area (Å²) in [5.74, 6) is 1.17. The van der Waals surface area contributed by atoms with Crippen molar-refractivity contribution >= 4 is 5.97 Å². The van der Waals surface area contributed by atoms with Gasteiger partial charge in [-0.15, -0.1) is 0 Å². The van der Waals surface area contributed by atoms with E-state index in [-0.39, 0.29) is 11.6 Å². The maximum atomic E-state index is 11.6. The van der Waals surface area contributed by atoms with E-state index in [4.69, 9.17) is 9.47 Å². The Hall–Kier alpha value is -0.990. The summed E-state index contributed by atoms with van der Waals surface area (Å²) >= 11 is 0. The van der Waals surface area contributed by atoms with Gasteiger partial charge in [0, 0.05) is 6.42 Å². The number of hydrogen-bond donors (Lipinski definition) is 0. The second kappa shape index (κ2) is 3.54. The van der Waals surface area contributed by atoms with Crippen LogP contribution in [0, 0.1) is 5.92 Å². The minimum absolute atomic E-state index is 0.147. The monoisotopic (exact) mass is 210 g/mol. The maximum absolute atomic E-state index is 11.6. The van der Waals surface area contributed by atoms with E-state index >= 15 is 0 Å². The summed E-state index contributed by atoms with van der Waals surface area (Å²) in [7, 11) is 0. The standard InChI is InChI=1S/C12H18O3/c1-4-14-11(13)10-7-12(3,9-5-6-9)15-8(10)2/h9H,4-7H2,1-3H3. The summed E-state index contributed by atoms with van der Waals surface area (Å²) in [4.78, 5) is 11.6. The van der Waals surface area contributed by atoms with E-state index in [0.717, 1.165) is 11.3 Å². The highest BCUT2D eigenvalue weighted by Crippen LogP contribution is 2.49. The van der Waals surface area contributed by atoms with Gasteiger partial charge in [-0.1, -0.05) is 0 Å². The summed E-state index contributed by atoms with van der Waals surface area (Å²) in [5.41, 5.74) is 0.581. The van der Waals surface area contributed by atoms with Crippen molar-refractivity contribution in [3.8, 4) is 0 Å². The minimum Gasteiger partial charge on any atom is -0.491 e. The van der Waals surface area contributed by atoms with Gasteiger partial charge in [-0.25, -0.2) is 4.79 Å². The van der Waals surface area contributed by atoms with Gasteiger partial charge in [-0.2, -0.15) is 0 Å². The zero-order valence-electron chi connectivity index (χ0n) is 9.63. The van der Waals surface area contributed by atoms with Crippen LogP contribution in [0.25, 0.3) is 0 Å². The van der Waals surface area contributed by atoms with Gasteiger partial charge < -0.3 is 9.47 Å². The molecule has 1 aliphatic heterocycles. The predicted octanol–water partition coefficient (Wildman–Crippen LogP) is 2.41. The van der Waals surface area contributed by atoms with E-state index in [0.29, 0.717) is 18.9 Å². The maximum Gasteiger partial charge on any atom is 0.337 e. The Morgan fingerprint density at radius 1 is 1.60 bits per heavy atom. The molecular weight excluding hydrogens is 192 g/mol. The Labute approximate surface area is 90.4 Å². The van der Waals surface area contributed by atoms with Crippen LogP contribution in [0.3, 0.4) is 0 Å². The van der Waals surface area contributed by atoms with E-state index in [1.807, 2.05) is 13.8 Å². The lowest BCUT2D eigenvalue weighted by molar-refractivity contribution is -0.138. The largest absolute Gasteiger partial charge is 0.491 e. The molecule has 2 rings (SSSR count). The molecule has 0 aromatic rings. The SMILES string of the molecule is CCOC(=O)C1=C(C)OC(C)(C2CC2)C1. The molecule has 0 amide bonds. The zero-order valence-corrected chi connectivity index (χ0v) is 9.63. The van der Waals surface area contributed by atoms with Gasteiger partial charge in [0.25, 0.3) is 0 Å². The van der Waals surface area contributed by atoms with Gasteiger partial charge in [-0.05, 0) is 39.5 Å². The van der Waals surface area contributed by atoms with E-state index in [1.165, 1.54) is 12.8 Å². The molecule has 1 saturated carbocycles. The fourth-order valence-electron chi connectivity index (χ4n) is 2.28. The van der Waals surface area contributed by atoms with Crippen molar-refractivity contribution in [2.24, 2.45) is 5.92 Å². The number of esters is 1. The van der Waals surface area contributed by atoms with Crippen LogP contribution in [0.4, 0.5) is 0 Å². The fourth-order valence-corrected chi connectivity index (χ4v) is 2.28. The summed E-state index contributed by atoms with van der Waals surface area (Å²) in [5, 5.41) is 0. The van der Waals surface area contributed by atoms with Gasteiger partial charge in [0.15, 0.2) is 0 Å². The second-order valence-corrected chi connectivity index (χ2v) is 4.62. The van der Waals surface area contributed by atoms with Crippen LogP contribution in [-0.4, -0.2) is 18.2 Å². The first-order valence-corrected chi connectivity index (χ1v) is 5.62. The molecule has 0 radical (unpaired) electrons. The molecule has 0 saturated heterocycles. The molecule has 1 aliphatic carbocycles. The molecule has 3 heteroatoms. The third kappa shape index (κ3) is 1.87. The summed E-state index contributed by atoms with van der Waals surface area (Å²) < 4.78 is 10.8. The van der Waals surface area contributed by atoms with Crippen molar-refractivity contribution in [1.82, 2.24) is 0 Å². The second-order valence-electron chi connectivity index (χ2n) is 4.62. The number of carbonyl (C=O) groups excluding carboxylic acids is 1. The van der Waals surface area contributed by atoms with Gasteiger partial charge in [0.05, 0.1) is 12.2 Å². The summed E-state index contributed by atoms with van der Waals surface area (Å²) in [6, 6.07) is 0. The molecule has 0 spiro atoms. The van der Waals surface area contributed by atoms with Gasteiger partial charge in [-0.3, -0.25) is 0 Å². The van der Waals surface area contributed by atoms with Crippen LogP contribution in [0.1, 0.15) is 40.0 Å². The van der Waals surface area contributed by atoms with Crippen molar-refractivity contribution in [3.63, 3.8) is 0 Å². The molecule has 3 nitrogen and oxygen atoms in total. The van der Waals surface area contributed by atoms with Crippen LogP contribution in [0.5, 0.6) is 0 Å². The number of allylic oxidation sites excluding steroid dienone is 1. The topological polar surface area (TPSA) is 35.5 Å². The lowest BCUT2D eigenvalue weighted by Crippen LogP contribution is -2.27. The van der Waals surface area contributed by atoms with Crippen molar-refractivity contribution in [2.45, 2.75) is 45.6 Å². The quantitative estimate of drug-likeness (QED) is 0.671. The average Bonchev–Trinajstić information content (AvgIpc) is 2.94. The lowest BCUT2D eigenvalue weighted by Gasteiger charge is -2.24. The third-order valence-electron chi connectivity index (χ3n) is 3.30. The molecule has 0 aromatic carbocycles. The first kappa shape index (κ1) is 10.5. The highest BCUT2D eigenvalue weighted by Gasteiger charge is 2.48. The van der Waals surface area contributed by atoms with Crippen molar-refractivity contribution in [2.75, 3.05) is 6.61 Å². The average molecular weight is 210 g/mol. The highest BCUT2D eigenvalue weighted by atomic mass is 16.5. The third-order valence-corrected chi connectivity index (χ3v) is 3.30. The normalized spacial score (nSPS) is 30.3. The lowest BCUT2D eigenvalue weighted by atomic mass is 9.93. The molecule has 0 aromatic heterocycles. The van der Waals surface area contributed by atoms with E-state index in [2.05, 4.69) is 6.92 Å². The number of carbonyl (C=O) groups is 1. The van der Waals surface area contributed by atoms with Gasteiger partial charge in [0.2, 0.25) is 0 Å². The van der Waals surface area contributed by atoms with Crippen LogP contribution >= 0.6 is 0 Å². The number of rotatable bonds is 3. The number of hydrogen-bond acceptors (Lipinski definition) is 3. The molecule has 0 N–H and O–H groups in total. The van der Waals surface area contributed by atoms with Gasteiger partial charge >= 0.3 is 5.97 Å². The van der Waals surface area contributed by atoms with Crippen LogP contribution in [0.2, 0.25) is 0 Å². The molecule has 84 valence electrons. The Morgan fingerprint density at radius 2 is 2.27 bits per heavy atom. The Bertz CT molecular complexity index is 315. The molecule has 0 bridgehead atoms. The Morgan fingerprint density at radius 3 is 2.80 bits per heavy atom.